The Morgan fingerprint density at radius 2 is 2.06 bits per heavy atom. The first-order valence-corrected chi connectivity index (χ1v) is 9.87. The highest BCUT2D eigenvalue weighted by Gasteiger charge is 2.34. The Morgan fingerprint density at radius 3 is 2.61 bits per heavy atom. The van der Waals surface area contributed by atoms with Crippen LogP contribution in [0.2, 0.25) is 0 Å². The van der Waals surface area contributed by atoms with E-state index in [2.05, 4.69) is 26.1 Å². The van der Waals surface area contributed by atoms with Gasteiger partial charge in [0.15, 0.2) is 0 Å². The summed E-state index contributed by atoms with van der Waals surface area (Å²) in [7, 11) is -2.82. The smallest absolute Gasteiger partial charge is 0.148 e. The fourth-order valence-corrected chi connectivity index (χ4v) is 5.48. The molecule has 1 aliphatic carbocycles. The third kappa shape index (κ3) is 5.93. The average Bonchev–Trinajstić information content (AvgIpc) is 2.20. The van der Waals surface area contributed by atoms with Gasteiger partial charge in [-0.25, -0.2) is 8.42 Å². The highest BCUT2D eigenvalue weighted by atomic mass is 32.2. The quantitative estimate of drug-likeness (QED) is 0.816. The average molecular weight is 293 g/mol. The van der Waals surface area contributed by atoms with Gasteiger partial charge in [-0.1, -0.05) is 20.8 Å². The Morgan fingerprint density at radius 1 is 1.39 bits per heavy atom. The maximum Gasteiger partial charge on any atom is 0.148 e. The summed E-state index contributed by atoms with van der Waals surface area (Å²) in [4.78, 5) is 0. The molecule has 0 bridgehead atoms. The molecule has 1 fully saturated rings. The standard InChI is InChI=1S/C13H27NO2S2/c1-5-14-11-6-7-13(2,3)10-12(11)17-8-9-18(4,15)16/h11-12,14H,5-10H2,1-4H3. The van der Waals surface area contributed by atoms with E-state index in [1.807, 2.05) is 11.8 Å². The summed E-state index contributed by atoms with van der Waals surface area (Å²) in [5.74, 6) is 1.02. The molecule has 1 aliphatic rings. The second-order valence-corrected chi connectivity index (χ2v) is 9.72. The summed E-state index contributed by atoms with van der Waals surface area (Å²) in [6, 6.07) is 0.549. The van der Waals surface area contributed by atoms with Gasteiger partial charge in [-0.3, -0.25) is 0 Å². The molecule has 0 aromatic rings. The molecule has 2 unspecified atom stereocenters. The highest BCUT2D eigenvalue weighted by molar-refractivity contribution is 8.01. The topological polar surface area (TPSA) is 46.2 Å². The zero-order valence-electron chi connectivity index (χ0n) is 12.0. The molecule has 1 rings (SSSR count). The Bertz CT molecular complexity index is 352. The minimum atomic E-state index is -2.82. The summed E-state index contributed by atoms with van der Waals surface area (Å²) in [6.07, 6.45) is 4.96. The zero-order valence-corrected chi connectivity index (χ0v) is 13.7. The molecule has 0 radical (unpaired) electrons. The van der Waals surface area contributed by atoms with E-state index >= 15 is 0 Å². The minimum absolute atomic E-state index is 0.299. The molecule has 1 saturated carbocycles. The van der Waals surface area contributed by atoms with Crippen LogP contribution in [-0.2, 0) is 9.84 Å². The molecule has 2 atom stereocenters. The van der Waals surface area contributed by atoms with Crippen LogP contribution in [-0.4, -0.2) is 44.0 Å². The van der Waals surface area contributed by atoms with Crippen molar-refractivity contribution in [3.63, 3.8) is 0 Å². The van der Waals surface area contributed by atoms with Gasteiger partial charge in [0.1, 0.15) is 9.84 Å². The summed E-state index contributed by atoms with van der Waals surface area (Å²) in [5.41, 5.74) is 0.397. The molecular weight excluding hydrogens is 266 g/mol. The highest BCUT2D eigenvalue weighted by Crippen LogP contribution is 2.40. The molecule has 0 heterocycles. The van der Waals surface area contributed by atoms with Crippen molar-refractivity contribution in [2.45, 2.75) is 51.3 Å². The van der Waals surface area contributed by atoms with Crippen LogP contribution in [0.5, 0.6) is 0 Å². The second kappa shape index (κ2) is 6.62. The van der Waals surface area contributed by atoms with Gasteiger partial charge in [-0.2, -0.15) is 11.8 Å². The van der Waals surface area contributed by atoms with Gasteiger partial charge in [-0.15, -0.1) is 0 Å². The Kier molecular flexibility index (Phi) is 6.00. The second-order valence-electron chi connectivity index (χ2n) is 6.11. The van der Waals surface area contributed by atoms with Gasteiger partial charge < -0.3 is 5.32 Å². The predicted octanol–water partition coefficient (Wildman–Crippen LogP) is 2.32. The van der Waals surface area contributed by atoms with Crippen molar-refractivity contribution in [2.24, 2.45) is 5.41 Å². The van der Waals surface area contributed by atoms with Crippen LogP contribution in [0.3, 0.4) is 0 Å². The number of hydrogen-bond donors (Lipinski definition) is 1. The molecule has 0 aromatic heterocycles. The third-order valence-electron chi connectivity index (χ3n) is 3.59. The number of sulfone groups is 1. The van der Waals surface area contributed by atoms with Gasteiger partial charge in [0, 0.05) is 23.3 Å². The van der Waals surface area contributed by atoms with Gasteiger partial charge in [0.05, 0.1) is 5.75 Å². The van der Waals surface area contributed by atoms with E-state index in [1.54, 1.807) is 0 Å². The van der Waals surface area contributed by atoms with Crippen LogP contribution in [0.15, 0.2) is 0 Å². The molecule has 0 aromatic carbocycles. The van der Waals surface area contributed by atoms with E-state index in [0.29, 0.717) is 22.5 Å². The lowest BCUT2D eigenvalue weighted by Crippen LogP contribution is -2.45. The molecule has 0 amide bonds. The van der Waals surface area contributed by atoms with Gasteiger partial charge >= 0.3 is 0 Å². The lowest BCUT2D eigenvalue weighted by Gasteiger charge is -2.40. The van der Waals surface area contributed by atoms with Crippen LogP contribution in [0, 0.1) is 5.41 Å². The van der Waals surface area contributed by atoms with Gasteiger partial charge in [-0.05, 0) is 31.2 Å². The van der Waals surface area contributed by atoms with Crippen molar-refractivity contribution in [2.75, 3.05) is 24.3 Å². The molecule has 18 heavy (non-hydrogen) atoms. The van der Waals surface area contributed by atoms with Crippen molar-refractivity contribution >= 4 is 21.6 Å². The molecular formula is C13H27NO2S2. The van der Waals surface area contributed by atoms with E-state index in [4.69, 9.17) is 0 Å². The van der Waals surface area contributed by atoms with E-state index in [0.717, 1.165) is 12.3 Å². The number of thioether (sulfide) groups is 1. The van der Waals surface area contributed by atoms with Crippen LogP contribution in [0.1, 0.15) is 40.0 Å². The van der Waals surface area contributed by atoms with Crippen LogP contribution in [0.4, 0.5) is 0 Å². The fourth-order valence-electron chi connectivity index (χ4n) is 2.54. The summed E-state index contributed by atoms with van der Waals surface area (Å²) in [5, 5.41) is 4.10. The molecule has 1 N–H and O–H groups in total. The Labute approximate surface area is 116 Å². The molecule has 3 nitrogen and oxygen atoms in total. The SMILES string of the molecule is CCNC1CCC(C)(C)CC1SCCS(C)(=O)=O. The molecule has 108 valence electrons. The van der Waals surface area contributed by atoms with Crippen molar-refractivity contribution < 1.29 is 8.42 Å². The van der Waals surface area contributed by atoms with E-state index in [1.165, 1.54) is 25.5 Å². The monoisotopic (exact) mass is 293 g/mol. The van der Waals surface area contributed by atoms with Crippen LogP contribution >= 0.6 is 11.8 Å². The van der Waals surface area contributed by atoms with Crippen molar-refractivity contribution in [1.29, 1.82) is 0 Å². The fraction of sp³-hybridized carbons (Fsp3) is 1.00. The lowest BCUT2D eigenvalue weighted by molar-refractivity contribution is 0.215. The predicted molar refractivity (Wildman–Crippen MR) is 81.1 cm³/mol. The maximum absolute atomic E-state index is 11.2. The lowest BCUT2D eigenvalue weighted by atomic mass is 9.75. The zero-order chi connectivity index (χ0) is 13.8. The molecule has 0 aliphatic heterocycles. The van der Waals surface area contributed by atoms with Gasteiger partial charge in [0.25, 0.3) is 0 Å². The van der Waals surface area contributed by atoms with Crippen LogP contribution < -0.4 is 5.32 Å². The minimum Gasteiger partial charge on any atom is -0.313 e. The van der Waals surface area contributed by atoms with E-state index < -0.39 is 9.84 Å². The van der Waals surface area contributed by atoms with Crippen molar-refractivity contribution in [3.05, 3.63) is 0 Å². The van der Waals surface area contributed by atoms with E-state index in [-0.39, 0.29) is 0 Å². The maximum atomic E-state index is 11.2. The molecule has 0 saturated heterocycles. The first-order chi connectivity index (χ1) is 8.23. The number of nitrogens with one attached hydrogen (secondary N) is 1. The summed E-state index contributed by atoms with van der Waals surface area (Å²) >= 11 is 1.83. The largest absolute Gasteiger partial charge is 0.313 e. The van der Waals surface area contributed by atoms with Crippen LogP contribution in [0.25, 0.3) is 0 Å². The number of hydrogen-bond acceptors (Lipinski definition) is 4. The van der Waals surface area contributed by atoms with Crippen molar-refractivity contribution in [3.8, 4) is 0 Å². The normalized spacial score (nSPS) is 28.2. The third-order valence-corrected chi connectivity index (χ3v) is 6.15. The molecule has 5 heteroatoms. The van der Waals surface area contributed by atoms with Gasteiger partial charge in [0.2, 0.25) is 0 Å². The van der Waals surface area contributed by atoms with E-state index in [9.17, 15) is 8.42 Å². The number of rotatable bonds is 6. The van der Waals surface area contributed by atoms with Crippen molar-refractivity contribution in [1.82, 2.24) is 5.32 Å². The Balaban J connectivity index is 2.51. The first-order valence-electron chi connectivity index (χ1n) is 6.76. The Hall–Kier alpha value is 0.260. The summed E-state index contributed by atoms with van der Waals surface area (Å²) < 4.78 is 22.4. The molecule has 0 spiro atoms. The first kappa shape index (κ1) is 16.3. The summed E-state index contributed by atoms with van der Waals surface area (Å²) in [6.45, 7) is 7.77.